The van der Waals surface area contributed by atoms with Crippen molar-refractivity contribution in [2.24, 2.45) is 11.7 Å². The van der Waals surface area contributed by atoms with Crippen LogP contribution in [0.3, 0.4) is 0 Å². The van der Waals surface area contributed by atoms with Crippen LogP contribution in [0.5, 0.6) is 0 Å². The molecule has 3 nitrogen and oxygen atoms in total. The van der Waals surface area contributed by atoms with E-state index < -0.39 is 0 Å². The molecule has 0 aliphatic carbocycles. The molecule has 0 bridgehead atoms. The van der Waals surface area contributed by atoms with Crippen molar-refractivity contribution in [1.29, 1.82) is 0 Å². The number of carbonyl (C=O) groups excluding carboxylic acids is 1. The van der Waals surface area contributed by atoms with Gasteiger partial charge in [0.2, 0.25) is 5.91 Å². The first-order valence-electron chi connectivity index (χ1n) is 7.20. The molecular weight excluding hydrogens is 236 g/mol. The Bertz CT molecular complexity index is 444. The molecule has 0 saturated carbocycles. The Morgan fingerprint density at radius 2 is 2.26 bits per heavy atom. The number of nitrogens with two attached hydrogens (primary N) is 1. The van der Waals surface area contributed by atoms with Crippen LogP contribution < -0.4 is 5.73 Å². The van der Waals surface area contributed by atoms with E-state index in [1.807, 2.05) is 17.0 Å². The summed E-state index contributed by atoms with van der Waals surface area (Å²) in [6.45, 7) is 5.76. The molecule has 3 heteroatoms. The average molecular weight is 260 g/mol. The summed E-state index contributed by atoms with van der Waals surface area (Å²) >= 11 is 0. The molecule has 0 aromatic heterocycles. The molecule has 104 valence electrons. The molecule has 1 heterocycles. The van der Waals surface area contributed by atoms with Gasteiger partial charge >= 0.3 is 0 Å². The Morgan fingerprint density at radius 1 is 1.47 bits per heavy atom. The Balaban J connectivity index is 1.96. The fourth-order valence-electron chi connectivity index (χ4n) is 2.88. The van der Waals surface area contributed by atoms with Crippen molar-refractivity contribution in [1.82, 2.24) is 4.90 Å². The van der Waals surface area contributed by atoms with Gasteiger partial charge < -0.3 is 10.6 Å². The third-order valence-electron chi connectivity index (χ3n) is 3.88. The highest BCUT2D eigenvalue weighted by molar-refractivity contribution is 5.78. The van der Waals surface area contributed by atoms with Gasteiger partial charge in [0, 0.05) is 25.6 Å². The predicted octanol–water partition coefficient (Wildman–Crippen LogP) is 2.64. The maximum absolute atomic E-state index is 12.0. The van der Waals surface area contributed by atoms with Crippen molar-refractivity contribution in [3.05, 3.63) is 35.4 Å². The van der Waals surface area contributed by atoms with Gasteiger partial charge in [-0.2, -0.15) is 0 Å². The lowest BCUT2D eigenvalue weighted by atomic mass is 10.0. The van der Waals surface area contributed by atoms with E-state index in [0.29, 0.717) is 18.9 Å². The Kier molecular flexibility index (Phi) is 4.59. The number of hydrogen-bond acceptors (Lipinski definition) is 2. The van der Waals surface area contributed by atoms with Gasteiger partial charge in [-0.25, -0.2) is 0 Å². The number of aryl methyl sites for hydroxylation is 1. The van der Waals surface area contributed by atoms with Crippen LogP contribution in [0.4, 0.5) is 0 Å². The molecule has 2 N–H and O–H groups in total. The van der Waals surface area contributed by atoms with E-state index >= 15 is 0 Å². The Morgan fingerprint density at radius 3 is 2.95 bits per heavy atom. The van der Waals surface area contributed by atoms with Gasteiger partial charge in [-0.05, 0) is 24.8 Å². The van der Waals surface area contributed by atoms with Crippen molar-refractivity contribution >= 4 is 5.91 Å². The standard InChI is InChI=1S/C16H24N2O/c1-3-5-13-9-16(19)18(10-13)11-15(17)14-7-4-6-12(2)8-14/h4,6-8,13,15H,3,5,9-11,17H2,1-2H3. The lowest BCUT2D eigenvalue weighted by Crippen LogP contribution is -2.33. The first-order chi connectivity index (χ1) is 9.10. The molecule has 2 rings (SSSR count). The molecular formula is C16H24N2O. The molecule has 1 aromatic rings. The largest absolute Gasteiger partial charge is 0.340 e. The summed E-state index contributed by atoms with van der Waals surface area (Å²) < 4.78 is 0. The topological polar surface area (TPSA) is 46.3 Å². The maximum atomic E-state index is 12.0. The van der Waals surface area contributed by atoms with Crippen LogP contribution in [0.15, 0.2) is 24.3 Å². The Hall–Kier alpha value is -1.35. The van der Waals surface area contributed by atoms with E-state index in [9.17, 15) is 4.79 Å². The fraction of sp³-hybridized carbons (Fsp3) is 0.562. The second-order valence-corrected chi connectivity index (χ2v) is 5.68. The minimum absolute atomic E-state index is 0.0794. The van der Waals surface area contributed by atoms with Crippen molar-refractivity contribution in [2.45, 2.75) is 39.2 Å². The van der Waals surface area contributed by atoms with E-state index in [0.717, 1.165) is 24.9 Å². The van der Waals surface area contributed by atoms with Gasteiger partial charge in [0.25, 0.3) is 0 Å². The second kappa shape index (κ2) is 6.20. The average Bonchev–Trinajstić information content (AvgIpc) is 2.70. The van der Waals surface area contributed by atoms with Crippen LogP contribution >= 0.6 is 0 Å². The number of benzene rings is 1. The van der Waals surface area contributed by atoms with Crippen LogP contribution in [0.1, 0.15) is 43.4 Å². The zero-order valence-corrected chi connectivity index (χ0v) is 11.9. The molecule has 2 unspecified atom stereocenters. The van der Waals surface area contributed by atoms with Gasteiger partial charge in [0.15, 0.2) is 0 Å². The van der Waals surface area contributed by atoms with Gasteiger partial charge in [-0.1, -0.05) is 43.2 Å². The third-order valence-corrected chi connectivity index (χ3v) is 3.88. The maximum Gasteiger partial charge on any atom is 0.222 e. The van der Waals surface area contributed by atoms with Crippen molar-refractivity contribution < 1.29 is 4.79 Å². The highest BCUT2D eigenvalue weighted by Gasteiger charge is 2.29. The highest BCUT2D eigenvalue weighted by atomic mass is 16.2. The summed E-state index contributed by atoms with van der Waals surface area (Å²) in [5.74, 6) is 0.795. The van der Waals surface area contributed by atoms with Crippen molar-refractivity contribution in [3.8, 4) is 0 Å². The monoisotopic (exact) mass is 260 g/mol. The minimum atomic E-state index is -0.0794. The zero-order chi connectivity index (χ0) is 13.8. The molecule has 1 aliphatic rings. The number of likely N-dealkylation sites (tertiary alicyclic amines) is 1. The molecule has 1 saturated heterocycles. The first kappa shape index (κ1) is 14.1. The summed E-state index contributed by atoms with van der Waals surface area (Å²) in [5, 5.41) is 0. The first-order valence-corrected chi connectivity index (χ1v) is 7.20. The summed E-state index contributed by atoms with van der Waals surface area (Å²) in [6.07, 6.45) is 2.99. The van der Waals surface area contributed by atoms with E-state index in [-0.39, 0.29) is 11.9 Å². The quantitative estimate of drug-likeness (QED) is 0.884. The van der Waals surface area contributed by atoms with Crippen molar-refractivity contribution in [2.75, 3.05) is 13.1 Å². The number of rotatable bonds is 5. The van der Waals surface area contributed by atoms with Gasteiger partial charge in [-0.3, -0.25) is 4.79 Å². The fourth-order valence-corrected chi connectivity index (χ4v) is 2.88. The molecule has 0 spiro atoms. The highest BCUT2D eigenvalue weighted by Crippen LogP contribution is 2.24. The molecule has 1 fully saturated rings. The smallest absolute Gasteiger partial charge is 0.222 e. The minimum Gasteiger partial charge on any atom is -0.340 e. The Labute approximate surface area is 115 Å². The molecule has 19 heavy (non-hydrogen) atoms. The molecule has 2 atom stereocenters. The molecule has 1 amide bonds. The van der Waals surface area contributed by atoms with Crippen LogP contribution in [0.25, 0.3) is 0 Å². The van der Waals surface area contributed by atoms with E-state index in [1.54, 1.807) is 0 Å². The van der Waals surface area contributed by atoms with E-state index in [1.165, 1.54) is 5.56 Å². The second-order valence-electron chi connectivity index (χ2n) is 5.68. The van der Waals surface area contributed by atoms with Crippen LogP contribution in [-0.2, 0) is 4.79 Å². The van der Waals surface area contributed by atoms with Crippen LogP contribution in [-0.4, -0.2) is 23.9 Å². The van der Waals surface area contributed by atoms with Crippen molar-refractivity contribution in [3.63, 3.8) is 0 Å². The van der Waals surface area contributed by atoms with E-state index in [4.69, 9.17) is 5.73 Å². The lowest BCUT2D eigenvalue weighted by molar-refractivity contribution is -0.127. The van der Waals surface area contributed by atoms with Gasteiger partial charge in [0.05, 0.1) is 0 Å². The molecule has 0 radical (unpaired) electrons. The zero-order valence-electron chi connectivity index (χ0n) is 11.9. The predicted molar refractivity (Wildman–Crippen MR) is 77.7 cm³/mol. The molecule has 1 aromatic carbocycles. The third kappa shape index (κ3) is 3.57. The van der Waals surface area contributed by atoms with Gasteiger partial charge in [-0.15, -0.1) is 0 Å². The van der Waals surface area contributed by atoms with E-state index in [2.05, 4.69) is 26.0 Å². The number of carbonyl (C=O) groups is 1. The lowest BCUT2D eigenvalue weighted by Gasteiger charge is -2.22. The summed E-state index contributed by atoms with van der Waals surface area (Å²) in [7, 11) is 0. The van der Waals surface area contributed by atoms with Gasteiger partial charge in [0.1, 0.15) is 0 Å². The normalized spacial score (nSPS) is 20.9. The SMILES string of the molecule is CCCC1CC(=O)N(CC(N)c2cccc(C)c2)C1. The summed E-state index contributed by atoms with van der Waals surface area (Å²) in [4.78, 5) is 13.9. The number of hydrogen-bond donors (Lipinski definition) is 1. The summed E-state index contributed by atoms with van der Waals surface area (Å²) in [6, 6.07) is 8.16. The van der Waals surface area contributed by atoms with Crippen LogP contribution in [0.2, 0.25) is 0 Å². The summed E-state index contributed by atoms with van der Waals surface area (Å²) in [5.41, 5.74) is 8.56. The molecule has 1 aliphatic heterocycles. The number of nitrogens with zero attached hydrogens (tertiary/aromatic N) is 1. The van der Waals surface area contributed by atoms with Crippen LogP contribution in [0, 0.1) is 12.8 Å². The number of amides is 1.